The van der Waals surface area contributed by atoms with Gasteiger partial charge in [0.05, 0.1) is 32.0 Å². The Morgan fingerprint density at radius 3 is 1.25 bits per heavy atom. The fraction of sp³-hybridized carbons (Fsp3) is 0.909. The first-order chi connectivity index (χ1) is 37.7. The van der Waals surface area contributed by atoms with Gasteiger partial charge in [0.25, 0.3) is 0 Å². The third-order valence-corrected chi connectivity index (χ3v) is 15.8. The van der Waals surface area contributed by atoms with Crippen molar-refractivity contribution in [1.82, 2.24) is 5.32 Å². The molecule has 11 nitrogen and oxygen atoms in total. The van der Waals surface area contributed by atoms with E-state index < -0.39 is 49.5 Å². The Kier molecular flexibility index (Phi) is 53.2. The van der Waals surface area contributed by atoms with Gasteiger partial charge in [0.15, 0.2) is 6.29 Å². The van der Waals surface area contributed by atoms with Gasteiger partial charge in [-0.25, -0.2) is 0 Å². The van der Waals surface area contributed by atoms with E-state index in [0.717, 1.165) is 57.8 Å². The second-order valence-electron chi connectivity index (χ2n) is 23.2. The van der Waals surface area contributed by atoms with Crippen molar-refractivity contribution in [3.63, 3.8) is 0 Å². The molecule has 11 heteroatoms. The maximum atomic E-state index is 13.0. The smallest absolute Gasteiger partial charge is 0.305 e. The molecule has 1 fully saturated rings. The first-order valence-corrected chi connectivity index (χ1v) is 33.1. The van der Waals surface area contributed by atoms with Gasteiger partial charge < -0.3 is 45.1 Å². The van der Waals surface area contributed by atoms with Crippen molar-refractivity contribution in [2.75, 3.05) is 19.8 Å². The maximum Gasteiger partial charge on any atom is 0.305 e. The number of carbonyl (C=O) groups is 2. The van der Waals surface area contributed by atoms with E-state index in [0.29, 0.717) is 19.4 Å². The highest BCUT2D eigenvalue weighted by Crippen LogP contribution is 2.23. The van der Waals surface area contributed by atoms with E-state index >= 15 is 0 Å². The lowest BCUT2D eigenvalue weighted by Crippen LogP contribution is -2.60. The van der Waals surface area contributed by atoms with Crippen LogP contribution >= 0.6 is 0 Å². The summed E-state index contributed by atoms with van der Waals surface area (Å²) in [5.41, 5.74) is 0. The number of aliphatic hydroxyl groups excluding tert-OH is 5. The molecule has 1 heterocycles. The van der Waals surface area contributed by atoms with Crippen molar-refractivity contribution in [3.8, 4) is 0 Å². The number of carbonyl (C=O) groups excluding carboxylic acids is 2. The summed E-state index contributed by atoms with van der Waals surface area (Å²) < 4.78 is 16.7. The number of ether oxygens (including phenoxy) is 3. The van der Waals surface area contributed by atoms with Gasteiger partial charge in [-0.05, 0) is 57.8 Å². The molecule has 0 aromatic rings. The summed E-state index contributed by atoms with van der Waals surface area (Å²) in [5.74, 6) is -0.178. The van der Waals surface area contributed by atoms with Crippen LogP contribution in [-0.2, 0) is 23.8 Å². The van der Waals surface area contributed by atoms with Crippen LogP contribution in [0, 0.1) is 0 Å². The topological polar surface area (TPSA) is 175 Å². The van der Waals surface area contributed by atoms with Crippen LogP contribution in [0.4, 0.5) is 0 Å². The Morgan fingerprint density at radius 1 is 0.468 bits per heavy atom. The summed E-state index contributed by atoms with van der Waals surface area (Å²) in [6.45, 7) is 4.34. The average Bonchev–Trinajstić information content (AvgIpc) is 3.43. The Hall–Kier alpha value is -1.86. The van der Waals surface area contributed by atoms with E-state index in [9.17, 15) is 35.1 Å². The molecular formula is C66H125NO10. The van der Waals surface area contributed by atoms with Gasteiger partial charge in [-0.2, -0.15) is 0 Å². The molecule has 1 aliphatic rings. The van der Waals surface area contributed by atoms with Crippen molar-refractivity contribution in [3.05, 3.63) is 24.3 Å². The van der Waals surface area contributed by atoms with Gasteiger partial charge >= 0.3 is 5.97 Å². The zero-order valence-corrected chi connectivity index (χ0v) is 50.2. The lowest BCUT2D eigenvalue weighted by molar-refractivity contribution is -0.302. The Morgan fingerprint density at radius 2 is 0.831 bits per heavy atom. The number of rotatable bonds is 58. The van der Waals surface area contributed by atoms with Crippen LogP contribution < -0.4 is 5.32 Å². The highest BCUT2D eigenvalue weighted by atomic mass is 16.7. The Balaban J connectivity index is 1.95. The fourth-order valence-electron chi connectivity index (χ4n) is 10.5. The normalized spacial score (nSPS) is 18.7. The van der Waals surface area contributed by atoms with E-state index in [1.807, 2.05) is 6.08 Å². The van der Waals surface area contributed by atoms with Crippen LogP contribution in [0.25, 0.3) is 0 Å². The molecule has 0 saturated carbocycles. The number of allylic oxidation sites excluding steroid dienone is 3. The van der Waals surface area contributed by atoms with Crippen LogP contribution in [0.2, 0.25) is 0 Å². The molecule has 7 atom stereocenters. The molecule has 6 N–H and O–H groups in total. The zero-order valence-electron chi connectivity index (χ0n) is 50.2. The van der Waals surface area contributed by atoms with E-state index in [2.05, 4.69) is 31.3 Å². The number of nitrogens with one attached hydrogen (secondary N) is 1. The van der Waals surface area contributed by atoms with E-state index in [1.54, 1.807) is 6.08 Å². The minimum Gasteiger partial charge on any atom is -0.466 e. The van der Waals surface area contributed by atoms with Crippen molar-refractivity contribution < 1.29 is 49.3 Å². The summed E-state index contributed by atoms with van der Waals surface area (Å²) in [6.07, 6.45) is 58.8. The van der Waals surface area contributed by atoms with Gasteiger partial charge in [0, 0.05) is 12.8 Å². The maximum absolute atomic E-state index is 13.0. The Labute approximate surface area is 473 Å². The molecule has 1 rings (SSSR count). The molecule has 0 bridgehead atoms. The molecule has 0 aromatic heterocycles. The number of hydrogen-bond donors (Lipinski definition) is 6. The third kappa shape index (κ3) is 45.4. The highest BCUT2D eigenvalue weighted by molar-refractivity contribution is 5.76. The molecule has 1 aliphatic heterocycles. The predicted octanol–water partition coefficient (Wildman–Crippen LogP) is 16.1. The molecule has 1 saturated heterocycles. The van der Waals surface area contributed by atoms with Crippen molar-refractivity contribution in [2.45, 2.75) is 365 Å². The minimum absolute atomic E-state index is 0.00682. The lowest BCUT2D eigenvalue weighted by Gasteiger charge is -2.40. The lowest BCUT2D eigenvalue weighted by atomic mass is 9.99. The first kappa shape index (κ1) is 73.2. The molecule has 454 valence electrons. The minimum atomic E-state index is -1.57. The monoisotopic (exact) mass is 1090 g/mol. The molecule has 0 aliphatic carbocycles. The van der Waals surface area contributed by atoms with E-state index in [1.165, 1.54) is 238 Å². The van der Waals surface area contributed by atoms with Crippen molar-refractivity contribution >= 4 is 11.9 Å². The summed E-state index contributed by atoms with van der Waals surface area (Å²) in [5, 5.41) is 54.2. The molecule has 77 heavy (non-hydrogen) atoms. The largest absolute Gasteiger partial charge is 0.466 e. The molecule has 0 aromatic carbocycles. The van der Waals surface area contributed by atoms with Crippen molar-refractivity contribution in [2.24, 2.45) is 0 Å². The fourth-order valence-corrected chi connectivity index (χ4v) is 10.5. The number of aliphatic hydroxyl groups is 5. The summed E-state index contributed by atoms with van der Waals surface area (Å²) in [6, 6.07) is -0.809. The second kappa shape index (κ2) is 56.0. The quantitative estimate of drug-likeness (QED) is 0.0195. The zero-order chi connectivity index (χ0) is 55.9. The van der Waals surface area contributed by atoms with Crippen LogP contribution in [0.15, 0.2) is 24.3 Å². The molecule has 7 unspecified atom stereocenters. The molecule has 1 amide bonds. The molecule has 0 radical (unpaired) electrons. The number of hydrogen-bond acceptors (Lipinski definition) is 10. The van der Waals surface area contributed by atoms with Gasteiger partial charge in [0.2, 0.25) is 5.91 Å². The van der Waals surface area contributed by atoms with Gasteiger partial charge in [0.1, 0.15) is 24.4 Å². The number of unbranched alkanes of at least 4 members (excludes halogenated alkanes) is 42. The van der Waals surface area contributed by atoms with Crippen LogP contribution in [-0.4, -0.2) is 100 Å². The summed E-state index contributed by atoms with van der Waals surface area (Å²) in [4.78, 5) is 25.1. The van der Waals surface area contributed by atoms with Gasteiger partial charge in [-0.15, -0.1) is 0 Å². The van der Waals surface area contributed by atoms with Crippen LogP contribution in [0.1, 0.15) is 322 Å². The first-order valence-electron chi connectivity index (χ1n) is 33.1. The van der Waals surface area contributed by atoms with Crippen molar-refractivity contribution in [1.29, 1.82) is 0 Å². The SMILES string of the molecule is CCCCCCCCC/C=C/C(O)C(COC1OC(CO)C(O)C(O)C1O)NC(=O)CCCCCCCCCCCC/C=C\CCCCCCCCCCCCCCOC(=O)CCCCCCCCCCCCCCCC. The van der Waals surface area contributed by atoms with Crippen LogP contribution in [0.3, 0.4) is 0 Å². The highest BCUT2D eigenvalue weighted by Gasteiger charge is 2.44. The molecule has 0 spiro atoms. The van der Waals surface area contributed by atoms with Crippen LogP contribution in [0.5, 0.6) is 0 Å². The number of amides is 1. The number of esters is 1. The van der Waals surface area contributed by atoms with E-state index in [-0.39, 0.29) is 18.5 Å². The third-order valence-electron chi connectivity index (χ3n) is 15.8. The predicted molar refractivity (Wildman–Crippen MR) is 320 cm³/mol. The van der Waals surface area contributed by atoms with Gasteiger partial charge in [-0.3, -0.25) is 9.59 Å². The molecular weight excluding hydrogens is 967 g/mol. The van der Waals surface area contributed by atoms with E-state index in [4.69, 9.17) is 14.2 Å². The summed E-state index contributed by atoms with van der Waals surface area (Å²) in [7, 11) is 0. The summed E-state index contributed by atoms with van der Waals surface area (Å²) >= 11 is 0. The standard InChI is InChI=1S/C66H125NO10/c1-3-5-7-9-11-13-14-15-31-34-38-42-46-50-54-62(71)75-55-51-47-43-39-35-32-29-27-25-23-21-19-17-16-18-20-22-24-26-28-30-33-37-41-45-49-53-61(70)67-58(59(69)52-48-44-40-36-12-10-8-6-4-2)57-76-66-65(74)64(73)63(72)60(56-68)77-66/h16,18,48,52,58-60,63-66,68-69,72-74H,3-15,17,19-47,49-51,53-57H2,1-2H3,(H,67,70)/b18-16-,52-48+. The van der Waals surface area contributed by atoms with Gasteiger partial charge in [-0.1, -0.05) is 276 Å². The Bertz CT molecular complexity index is 1330. The second-order valence-corrected chi connectivity index (χ2v) is 23.2. The average molecular weight is 1090 g/mol.